The van der Waals surface area contributed by atoms with Crippen LogP contribution in [0.25, 0.3) is 0 Å². The smallest absolute Gasteiger partial charge is 0.261 e. The lowest BCUT2D eigenvalue weighted by atomic mass is 10.3. The summed E-state index contributed by atoms with van der Waals surface area (Å²) in [6.45, 7) is 2.71. The van der Waals surface area contributed by atoms with Gasteiger partial charge in [-0.1, -0.05) is 6.07 Å². The second-order valence-corrected chi connectivity index (χ2v) is 5.85. The first-order valence-electron chi connectivity index (χ1n) is 6.13. The van der Waals surface area contributed by atoms with Gasteiger partial charge < -0.3 is 5.32 Å². The van der Waals surface area contributed by atoms with E-state index in [1.54, 1.807) is 12.1 Å². The molecule has 6 heteroatoms. The summed E-state index contributed by atoms with van der Waals surface area (Å²) >= 11 is 0. The zero-order valence-corrected chi connectivity index (χ0v) is 11.7. The maximum absolute atomic E-state index is 13.0. The number of sulfonamides is 1. The molecule has 2 rings (SSSR count). The van der Waals surface area contributed by atoms with E-state index in [0.29, 0.717) is 0 Å². The fourth-order valence-corrected chi connectivity index (χ4v) is 2.77. The van der Waals surface area contributed by atoms with Gasteiger partial charge in [0.2, 0.25) is 0 Å². The quantitative estimate of drug-likeness (QED) is 0.891. The molecular formula is C14H15FN2O2S. The molecule has 2 N–H and O–H groups in total. The van der Waals surface area contributed by atoms with E-state index in [0.717, 1.165) is 18.3 Å². The molecular weight excluding hydrogens is 279 g/mol. The highest BCUT2D eigenvalue weighted by atomic mass is 32.2. The summed E-state index contributed by atoms with van der Waals surface area (Å²) in [5, 5.41) is 3.08. The predicted octanol–water partition coefficient (Wildman–Crippen LogP) is 3.06. The fourth-order valence-electron chi connectivity index (χ4n) is 1.72. The highest BCUT2D eigenvalue weighted by Gasteiger charge is 2.14. The van der Waals surface area contributed by atoms with Crippen molar-refractivity contribution in [2.24, 2.45) is 0 Å². The molecule has 0 spiro atoms. The molecule has 0 aliphatic rings. The van der Waals surface area contributed by atoms with Crippen LogP contribution < -0.4 is 10.0 Å². The minimum Gasteiger partial charge on any atom is -0.385 e. The van der Waals surface area contributed by atoms with E-state index in [-0.39, 0.29) is 10.6 Å². The van der Waals surface area contributed by atoms with Gasteiger partial charge >= 0.3 is 0 Å². The third-order valence-electron chi connectivity index (χ3n) is 2.62. The van der Waals surface area contributed by atoms with Crippen LogP contribution in [0.1, 0.15) is 6.92 Å². The van der Waals surface area contributed by atoms with Gasteiger partial charge in [0.15, 0.2) is 0 Å². The van der Waals surface area contributed by atoms with Crippen molar-refractivity contribution >= 4 is 21.4 Å². The van der Waals surface area contributed by atoms with Crippen molar-refractivity contribution in [2.75, 3.05) is 16.6 Å². The lowest BCUT2D eigenvalue weighted by molar-refractivity contribution is 0.601. The van der Waals surface area contributed by atoms with Crippen molar-refractivity contribution < 1.29 is 12.8 Å². The van der Waals surface area contributed by atoms with Gasteiger partial charge in [0.1, 0.15) is 5.82 Å². The second kappa shape index (κ2) is 5.92. The summed E-state index contributed by atoms with van der Waals surface area (Å²) < 4.78 is 39.6. The predicted molar refractivity (Wildman–Crippen MR) is 77.8 cm³/mol. The van der Waals surface area contributed by atoms with E-state index in [9.17, 15) is 12.8 Å². The van der Waals surface area contributed by atoms with E-state index >= 15 is 0 Å². The molecule has 2 aromatic rings. The fraction of sp³-hybridized carbons (Fsp3) is 0.143. The summed E-state index contributed by atoms with van der Waals surface area (Å²) in [5.74, 6) is -0.493. The van der Waals surface area contributed by atoms with Crippen LogP contribution in [-0.4, -0.2) is 15.0 Å². The van der Waals surface area contributed by atoms with Gasteiger partial charge in [-0.2, -0.15) is 0 Å². The van der Waals surface area contributed by atoms with Crippen molar-refractivity contribution in [3.8, 4) is 0 Å². The van der Waals surface area contributed by atoms with Gasteiger partial charge in [-0.05, 0) is 49.4 Å². The Morgan fingerprint density at radius 3 is 2.35 bits per heavy atom. The van der Waals surface area contributed by atoms with Gasteiger partial charge in [0, 0.05) is 12.2 Å². The number of rotatable bonds is 5. The Hall–Kier alpha value is -2.08. The van der Waals surface area contributed by atoms with Crippen molar-refractivity contribution in [3.63, 3.8) is 0 Å². The molecule has 20 heavy (non-hydrogen) atoms. The minimum atomic E-state index is -3.71. The number of hydrogen-bond donors (Lipinski definition) is 2. The standard InChI is InChI=1S/C14H15FN2O2S/c1-2-16-12-6-8-14(9-7-12)20(18,19)17-13-5-3-4-11(15)10-13/h3-10,16-17H,2H2,1H3. The molecule has 0 aromatic heterocycles. The van der Waals surface area contributed by atoms with E-state index in [2.05, 4.69) is 10.0 Å². The van der Waals surface area contributed by atoms with Gasteiger partial charge in [-0.15, -0.1) is 0 Å². The van der Waals surface area contributed by atoms with Crippen LogP contribution in [0.3, 0.4) is 0 Å². The zero-order chi connectivity index (χ0) is 14.6. The number of nitrogens with one attached hydrogen (secondary N) is 2. The highest BCUT2D eigenvalue weighted by Crippen LogP contribution is 2.18. The first-order chi connectivity index (χ1) is 9.51. The molecule has 0 unspecified atom stereocenters. The van der Waals surface area contributed by atoms with Gasteiger partial charge in [-0.3, -0.25) is 4.72 Å². The molecule has 0 amide bonds. The lowest BCUT2D eigenvalue weighted by Gasteiger charge is -2.09. The van der Waals surface area contributed by atoms with Crippen LogP contribution >= 0.6 is 0 Å². The average molecular weight is 294 g/mol. The summed E-state index contributed by atoms with van der Waals surface area (Å²) in [7, 11) is -3.71. The van der Waals surface area contributed by atoms with Crippen LogP contribution in [0.5, 0.6) is 0 Å². The Bertz CT molecular complexity index is 685. The van der Waals surface area contributed by atoms with E-state index < -0.39 is 15.8 Å². The average Bonchev–Trinajstić information content (AvgIpc) is 2.39. The molecule has 0 saturated heterocycles. The summed E-state index contributed by atoms with van der Waals surface area (Å²) in [4.78, 5) is 0.128. The van der Waals surface area contributed by atoms with Gasteiger partial charge in [0.05, 0.1) is 10.6 Å². The number of anilines is 2. The topological polar surface area (TPSA) is 58.2 Å². The maximum atomic E-state index is 13.0. The van der Waals surface area contributed by atoms with Crippen LogP contribution in [0.15, 0.2) is 53.4 Å². The van der Waals surface area contributed by atoms with Crippen LogP contribution in [0.2, 0.25) is 0 Å². The van der Waals surface area contributed by atoms with Crippen LogP contribution in [0, 0.1) is 5.82 Å². The summed E-state index contributed by atoms with van der Waals surface area (Å²) in [6, 6.07) is 11.7. The number of halogens is 1. The Morgan fingerprint density at radius 1 is 1.05 bits per heavy atom. The number of hydrogen-bond acceptors (Lipinski definition) is 3. The van der Waals surface area contributed by atoms with Crippen molar-refractivity contribution in [1.29, 1.82) is 0 Å². The molecule has 0 aliphatic carbocycles. The second-order valence-electron chi connectivity index (χ2n) is 4.17. The first kappa shape index (κ1) is 14.3. The molecule has 4 nitrogen and oxygen atoms in total. The molecule has 0 fully saturated rings. The Balaban J connectivity index is 2.21. The third kappa shape index (κ3) is 3.48. The monoisotopic (exact) mass is 294 g/mol. The molecule has 0 aliphatic heterocycles. The Morgan fingerprint density at radius 2 is 1.75 bits per heavy atom. The normalized spacial score (nSPS) is 11.1. The summed E-state index contributed by atoms with van der Waals surface area (Å²) in [6.07, 6.45) is 0. The first-order valence-corrected chi connectivity index (χ1v) is 7.62. The minimum absolute atomic E-state index is 0.128. The number of benzene rings is 2. The molecule has 0 atom stereocenters. The zero-order valence-electron chi connectivity index (χ0n) is 10.9. The SMILES string of the molecule is CCNc1ccc(S(=O)(=O)Nc2cccc(F)c2)cc1. The van der Waals surface area contributed by atoms with Gasteiger partial charge in [0.25, 0.3) is 10.0 Å². The van der Waals surface area contributed by atoms with Crippen LogP contribution in [0.4, 0.5) is 15.8 Å². The van der Waals surface area contributed by atoms with Crippen molar-refractivity contribution in [1.82, 2.24) is 0 Å². The molecule has 0 bridgehead atoms. The molecule has 2 aromatic carbocycles. The third-order valence-corrected chi connectivity index (χ3v) is 4.02. The molecule has 0 saturated carbocycles. The molecule has 106 valence electrons. The molecule has 0 heterocycles. The Labute approximate surface area is 117 Å². The highest BCUT2D eigenvalue weighted by molar-refractivity contribution is 7.92. The Kier molecular flexibility index (Phi) is 4.24. The van der Waals surface area contributed by atoms with E-state index in [1.807, 2.05) is 6.92 Å². The van der Waals surface area contributed by atoms with E-state index in [4.69, 9.17) is 0 Å². The largest absolute Gasteiger partial charge is 0.385 e. The molecule has 0 radical (unpaired) electrons. The van der Waals surface area contributed by atoms with E-state index in [1.165, 1.54) is 30.3 Å². The van der Waals surface area contributed by atoms with Crippen molar-refractivity contribution in [2.45, 2.75) is 11.8 Å². The summed E-state index contributed by atoms with van der Waals surface area (Å²) in [5.41, 5.74) is 1.04. The van der Waals surface area contributed by atoms with Crippen LogP contribution in [-0.2, 0) is 10.0 Å². The van der Waals surface area contributed by atoms with Crippen molar-refractivity contribution in [3.05, 3.63) is 54.3 Å². The maximum Gasteiger partial charge on any atom is 0.261 e. The lowest BCUT2D eigenvalue weighted by Crippen LogP contribution is -2.13. The van der Waals surface area contributed by atoms with Gasteiger partial charge in [-0.25, -0.2) is 12.8 Å².